The third-order valence-corrected chi connectivity index (χ3v) is 6.94. The predicted molar refractivity (Wildman–Crippen MR) is 109 cm³/mol. The van der Waals surface area contributed by atoms with Gasteiger partial charge < -0.3 is 5.32 Å². The van der Waals surface area contributed by atoms with Gasteiger partial charge in [-0.05, 0) is 44.0 Å². The van der Waals surface area contributed by atoms with Crippen molar-refractivity contribution in [1.29, 1.82) is 0 Å². The molecule has 0 saturated carbocycles. The number of carbonyl (C=O) groups is 1. The molecule has 0 spiro atoms. The van der Waals surface area contributed by atoms with Crippen LogP contribution in [-0.2, 0) is 10.0 Å². The lowest BCUT2D eigenvalue weighted by molar-refractivity contribution is -0.385. The van der Waals surface area contributed by atoms with E-state index in [-0.39, 0.29) is 16.1 Å². The molecule has 1 aliphatic heterocycles. The van der Waals surface area contributed by atoms with Crippen LogP contribution < -0.4 is 5.32 Å². The minimum absolute atomic E-state index is 0.0721. The number of benzene rings is 2. The highest BCUT2D eigenvalue weighted by Gasteiger charge is 2.26. The van der Waals surface area contributed by atoms with Crippen molar-refractivity contribution in [3.8, 4) is 0 Å². The largest absolute Gasteiger partial charge is 0.321 e. The first-order valence-electron chi connectivity index (χ1n) is 9.46. The van der Waals surface area contributed by atoms with Crippen molar-refractivity contribution >= 4 is 27.3 Å². The Morgan fingerprint density at radius 3 is 2.38 bits per heavy atom. The van der Waals surface area contributed by atoms with Crippen molar-refractivity contribution in [2.75, 3.05) is 18.4 Å². The molecule has 1 aliphatic rings. The zero-order chi connectivity index (χ0) is 21.0. The molecule has 2 aromatic rings. The van der Waals surface area contributed by atoms with Crippen LogP contribution in [0.25, 0.3) is 0 Å². The van der Waals surface area contributed by atoms with Crippen LogP contribution in [-0.4, -0.2) is 36.6 Å². The summed E-state index contributed by atoms with van der Waals surface area (Å²) in [7, 11) is -3.68. The van der Waals surface area contributed by atoms with Gasteiger partial charge in [-0.25, -0.2) is 8.42 Å². The lowest BCUT2D eigenvalue weighted by Gasteiger charge is -2.20. The van der Waals surface area contributed by atoms with Gasteiger partial charge in [0.1, 0.15) is 0 Å². The zero-order valence-corrected chi connectivity index (χ0v) is 16.9. The first-order valence-corrected chi connectivity index (χ1v) is 10.9. The Balaban J connectivity index is 1.85. The van der Waals surface area contributed by atoms with Gasteiger partial charge in [-0.1, -0.05) is 25.0 Å². The number of nitro groups is 1. The Morgan fingerprint density at radius 1 is 1.07 bits per heavy atom. The van der Waals surface area contributed by atoms with E-state index >= 15 is 0 Å². The average Bonchev–Trinajstić information content (AvgIpc) is 2.99. The van der Waals surface area contributed by atoms with E-state index in [9.17, 15) is 23.3 Å². The summed E-state index contributed by atoms with van der Waals surface area (Å²) >= 11 is 0. The Bertz CT molecular complexity index is 1030. The molecular weight excluding hydrogens is 394 g/mol. The van der Waals surface area contributed by atoms with E-state index < -0.39 is 20.9 Å². The van der Waals surface area contributed by atoms with Crippen molar-refractivity contribution in [2.45, 2.75) is 37.5 Å². The Kier molecular flexibility index (Phi) is 6.29. The van der Waals surface area contributed by atoms with Crippen molar-refractivity contribution in [1.82, 2.24) is 4.31 Å². The number of rotatable bonds is 5. The molecule has 0 radical (unpaired) electrons. The van der Waals surface area contributed by atoms with Gasteiger partial charge in [0.15, 0.2) is 0 Å². The van der Waals surface area contributed by atoms with Gasteiger partial charge in [0.2, 0.25) is 10.0 Å². The number of amides is 1. The molecule has 1 fully saturated rings. The number of hydrogen-bond acceptors (Lipinski definition) is 5. The molecule has 1 N–H and O–H groups in total. The van der Waals surface area contributed by atoms with Crippen molar-refractivity contribution in [2.24, 2.45) is 0 Å². The molecule has 0 aliphatic carbocycles. The third kappa shape index (κ3) is 4.63. The van der Waals surface area contributed by atoms with Gasteiger partial charge in [0.05, 0.1) is 21.1 Å². The Morgan fingerprint density at radius 2 is 1.72 bits per heavy atom. The molecule has 0 atom stereocenters. The number of sulfonamides is 1. The van der Waals surface area contributed by atoms with Gasteiger partial charge >= 0.3 is 0 Å². The summed E-state index contributed by atoms with van der Waals surface area (Å²) in [5, 5.41) is 13.7. The van der Waals surface area contributed by atoms with Crippen LogP contribution >= 0.6 is 0 Å². The minimum Gasteiger partial charge on any atom is -0.321 e. The van der Waals surface area contributed by atoms with Gasteiger partial charge in [-0.2, -0.15) is 4.31 Å². The highest BCUT2D eigenvalue weighted by atomic mass is 32.2. The summed E-state index contributed by atoms with van der Waals surface area (Å²) in [6.45, 7) is 2.51. The van der Waals surface area contributed by atoms with Crippen molar-refractivity contribution in [3.63, 3.8) is 0 Å². The maximum atomic E-state index is 13.0. The van der Waals surface area contributed by atoms with E-state index in [4.69, 9.17) is 0 Å². The van der Waals surface area contributed by atoms with Crippen LogP contribution in [0.4, 0.5) is 11.4 Å². The first kappa shape index (κ1) is 20.9. The van der Waals surface area contributed by atoms with Gasteiger partial charge in [0, 0.05) is 24.7 Å². The molecule has 2 aromatic carbocycles. The van der Waals surface area contributed by atoms with Gasteiger partial charge in [0.25, 0.3) is 11.6 Å². The maximum absolute atomic E-state index is 13.0. The molecule has 29 heavy (non-hydrogen) atoms. The van der Waals surface area contributed by atoms with E-state index in [1.807, 2.05) is 0 Å². The molecule has 9 heteroatoms. The predicted octanol–water partition coefficient (Wildman–Crippen LogP) is 3.72. The molecule has 154 valence electrons. The van der Waals surface area contributed by atoms with E-state index in [1.54, 1.807) is 13.0 Å². The van der Waals surface area contributed by atoms with Gasteiger partial charge in [-0.3, -0.25) is 14.9 Å². The summed E-state index contributed by atoms with van der Waals surface area (Å²) in [4.78, 5) is 23.3. The SMILES string of the molecule is Cc1c(NC(=O)c2cccc(S(=O)(=O)N3CCCCCC3)c2)cccc1[N+](=O)[O-]. The third-order valence-electron chi connectivity index (χ3n) is 5.05. The highest BCUT2D eigenvalue weighted by molar-refractivity contribution is 7.89. The summed E-state index contributed by atoms with van der Waals surface area (Å²) in [6.07, 6.45) is 3.67. The van der Waals surface area contributed by atoms with Crippen LogP contribution in [0, 0.1) is 17.0 Å². The van der Waals surface area contributed by atoms with Crippen LogP contribution in [0.1, 0.15) is 41.6 Å². The van der Waals surface area contributed by atoms with E-state index in [2.05, 4.69) is 5.32 Å². The van der Waals surface area contributed by atoms with Gasteiger partial charge in [-0.15, -0.1) is 0 Å². The molecule has 0 bridgehead atoms. The number of carbonyl (C=O) groups excluding carboxylic acids is 1. The fourth-order valence-electron chi connectivity index (χ4n) is 3.38. The minimum atomic E-state index is -3.68. The summed E-state index contributed by atoms with van der Waals surface area (Å²) in [5.41, 5.74) is 0.719. The van der Waals surface area contributed by atoms with Crippen LogP contribution in [0.2, 0.25) is 0 Å². The molecule has 1 heterocycles. The van der Waals surface area contributed by atoms with Crippen molar-refractivity contribution in [3.05, 3.63) is 63.7 Å². The average molecular weight is 417 g/mol. The molecule has 0 aromatic heterocycles. The van der Waals surface area contributed by atoms with Crippen molar-refractivity contribution < 1.29 is 18.1 Å². The second-order valence-corrected chi connectivity index (χ2v) is 8.94. The second-order valence-electron chi connectivity index (χ2n) is 7.01. The van der Waals surface area contributed by atoms with E-state index in [0.29, 0.717) is 24.3 Å². The quantitative estimate of drug-likeness (QED) is 0.589. The number of nitro benzene ring substituents is 1. The lowest BCUT2D eigenvalue weighted by atomic mass is 10.1. The lowest BCUT2D eigenvalue weighted by Crippen LogP contribution is -2.32. The topological polar surface area (TPSA) is 110 Å². The summed E-state index contributed by atoms with van der Waals surface area (Å²) in [5.74, 6) is -0.526. The van der Waals surface area contributed by atoms with Crippen LogP contribution in [0.3, 0.4) is 0 Å². The number of anilines is 1. The first-order chi connectivity index (χ1) is 13.8. The summed E-state index contributed by atoms with van der Waals surface area (Å²) < 4.78 is 27.4. The maximum Gasteiger partial charge on any atom is 0.274 e. The summed E-state index contributed by atoms with van der Waals surface area (Å²) in [6, 6.07) is 10.3. The second kappa shape index (κ2) is 8.71. The van der Waals surface area contributed by atoms with Crippen LogP contribution in [0.15, 0.2) is 47.4 Å². The standard InChI is InChI=1S/C20H23N3O5S/c1-15-18(10-7-11-19(15)23(25)26)21-20(24)16-8-6-9-17(14-16)29(27,28)22-12-4-2-3-5-13-22/h6-11,14H,2-5,12-13H2,1H3,(H,21,24). The van der Waals surface area contributed by atoms with Crippen LogP contribution in [0.5, 0.6) is 0 Å². The molecule has 3 rings (SSSR count). The van der Waals surface area contributed by atoms with E-state index in [0.717, 1.165) is 25.7 Å². The molecule has 8 nitrogen and oxygen atoms in total. The fourth-order valence-corrected chi connectivity index (χ4v) is 4.94. The fraction of sp³-hybridized carbons (Fsp3) is 0.350. The molecular formula is C20H23N3O5S. The molecule has 1 amide bonds. The zero-order valence-electron chi connectivity index (χ0n) is 16.1. The normalized spacial score (nSPS) is 15.5. The smallest absolute Gasteiger partial charge is 0.274 e. The Labute approximate surface area is 169 Å². The number of nitrogens with one attached hydrogen (secondary N) is 1. The molecule has 0 unspecified atom stereocenters. The van der Waals surface area contributed by atoms with E-state index in [1.165, 1.54) is 40.7 Å². The Hall–Kier alpha value is -2.78. The molecule has 1 saturated heterocycles. The number of hydrogen-bond donors (Lipinski definition) is 1. The number of nitrogens with zero attached hydrogens (tertiary/aromatic N) is 2. The monoisotopic (exact) mass is 417 g/mol. The highest BCUT2D eigenvalue weighted by Crippen LogP contribution is 2.26.